The number of aryl methyl sites for hydroxylation is 1. The molecule has 1 aliphatic rings. The molecule has 0 bridgehead atoms. The van der Waals surface area contributed by atoms with Gasteiger partial charge in [-0.1, -0.05) is 32.0 Å². The Morgan fingerprint density at radius 1 is 1.09 bits per heavy atom. The number of nitrogens with zero attached hydrogens (tertiary/aromatic N) is 2. The number of benzene rings is 1. The number of anilines is 1. The average Bonchev–Trinajstić information content (AvgIpc) is 3.27. The van der Waals surface area contributed by atoms with Gasteiger partial charge in [-0.3, -0.25) is 0 Å². The standard InChI is InChI=1S/C25H32N4O4S.ClH/c1-15-5-10-19(34(31,32)29-17-6-8-18(30)9-7-17)12-20(15)16-11-21(24(26)27-14-16)22-13-23(28-33-22)25(2,3)4;/h5,10-14,17-18,29-30H,6-9H2,1-4H3,(H2,26,27);1H. The van der Waals surface area contributed by atoms with Crippen LogP contribution in [0.4, 0.5) is 5.82 Å². The Kier molecular flexibility index (Phi) is 7.96. The predicted octanol–water partition coefficient (Wildman–Crippen LogP) is 4.60. The molecule has 2 heterocycles. The van der Waals surface area contributed by atoms with Gasteiger partial charge in [0.05, 0.1) is 22.3 Å². The summed E-state index contributed by atoms with van der Waals surface area (Å²) in [5.74, 6) is 0.822. The second kappa shape index (κ2) is 10.3. The lowest BCUT2D eigenvalue weighted by Crippen LogP contribution is -2.38. The number of nitrogens with one attached hydrogen (secondary N) is 1. The Balaban J connectivity index is 0.00000342. The number of aromatic nitrogens is 2. The fourth-order valence-electron chi connectivity index (χ4n) is 4.14. The predicted molar refractivity (Wildman–Crippen MR) is 139 cm³/mol. The normalized spacial score (nSPS) is 18.8. The van der Waals surface area contributed by atoms with E-state index in [1.165, 1.54) is 0 Å². The molecule has 0 amide bonds. The van der Waals surface area contributed by atoms with Gasteiger partial charge in [0.1, 0.15) is 5.82 Å². The van der Waals surface area contributed by atoms with Crippen molar-refractivity contribution in [3.8, 4) is 22.5 Å². The van der Waals surface area contributed by atoms with Crippen molar-refractivity contribution in [3.05, 3.63) is 47.8 Å². The van der Waals surface area contributed by atoms with Crippen LogP contribution in [0.1, 0.15) is 57.7 Å². The van der Waals surface area contributed by atoms with Crippen LogP contribution in [-0.2, 0) is 15.4 Å². The van der Waals surface area contributed by atoms with Gasteiger partial charge in [-0.25, -0.2) is 18.1 Å². The summed E-state index contributed by atoms with van der Waals surface area (Å²) in [4.78, 5) is 4.53. The van der Waals surface area contributed by atoms with Crippen LogP contribution in [0.3, 0.4) is 0 Å². The number of pyridine rings is 1. The third-order valence-electron chi connectivity index (χ3n) is 6.31. The molecule has 0 aliphatic heterocycles. The van der Waals surface area contributed by atoms with E-state index in [0.29, 0.717) is 42.8 Å². The van der Waals surface area contributed by atoms with Gasteiger partial charge in [0.2, 0.25) is 10.0 Å². The first-order valence-electron chi connectivity index (χ1n) is 11.5. The second-order valence-electron chi connectivity index (χ2n) is 10.1. The molecule has 1 aromatic carbocycles. The first kappa shape index (κ1) is 27.1. The second-order valence-corrected chi connectivity index (χ2v) is 11.8. The number of aliphatic hydroxyl groups excluding tert-OH is 1. The molecule has 35 heavy (non-hydrogen) atoms. The Morgan fingerprint density at radius 3 is 2.40 bits per heavy atom. The summed E-state index contributed by atoms with van der Waals surface area (Å²) in [6.07, 6.45) is 3.74. The molecule has 3 aromatic rings. The lowest BCUT2D eigenvalue weighted by molar-refractivity contribution is 0.120. The van der Waals surface area contributed by atoms with Crippen LogP contribution in [0.25, 0.3) is 22.5 Å². The summed E-state index contributed by atoms with van der Waals surface area (Å²) in [6.45, 7) is 8.06. The molecule has 8 nitrogen and oxygen atoms in total. The van der Waals surface area contributed by atoms with Crippen molar-refractivity contribution in [3.63, 3.8) is 0 Å². The summed E-state index contributed by atoms with van der Waals surface area (Å²) in [5.41, 5.74) is 9.76. The SMILES string of the molecule is Cc1ccc(S(=O)(=O)NC2CCC(O)CC2)cc1-c1cnc(N)c(-c2cc(C(C)(C)C)no2)c1.Cl. The van der Waals surface area contributed by atoms with E-state index in [2.05, 4.69) is 14.9 Å². The number of hydrogen-bond donors (Lipinski definition) is 3. The van der Waals surface area contributed by atoms with Crippen molar-refractivity contribution in [2.24, 2.45) is 0 Å². The summed E-state index contributed by atoms with van der Waals surface area (Å²) in [7, 11) is -3.71. The first-order valence-corrected chi connectivity index (χ1v) is 13.0. The lowest BCUT2D eigenvalue weighted by Gasteiger charge is -2.26. The fourth-order valence-corrected chi connectivity index (χ4v) is 5.47. The van der Waals surface area contributed by atoms with E-state index < -0.39 is 10.0 Å². The van der Waals surface area contributed by atoms with Crippen molar-refractivity contribution in [1.82, 2.24) is 14.9 Å². The molecule has 190 valence electrons. The number of sulfonamides is 1. The number of aliphatic hydroxyl groups is 1. The van der Waals surface area contributed by atoms with Crippen LogP contribution >= 0.6 is 12.4 Å². The van der Waals surface area contributed by atoms with Gasteiger partial charge in [0.25, 0.3) is 0 Å². The van der Waals surface area contributed by atoms with E-state index in [-0.39, 0.29) is 34.9 Å². The maximum Gasteiger partial charge on any atom is 0.240 e. The van der Waals surface area contributed by atoms with Crippen molar-refractivity contribution < 1.29 is 18.0 Å². The Bertz CT molecular complexity index is 1290. The molecule has 2 aromatic heterocycles. The topological polar surface area (TPSA) is 131 Å². The van der Waals surface area contributed by atoms with Crippen LogP contribution in [0.2, 0.25) is 0 Å². The molecule has 0 saturated heterocycles. The minimum absolute atomic E-state index is 0. The van der Waals surface area contributed by atoms with Crippen LogP contribution in [0.15, 0.2) is 45.9 Å². The average molecular weight is 521 g/mol. The maximum atomic E-state index is 13.1. The Hall–Kier alpha value is -2.46. The monoisotopic (exact) mass is 520 g/mol. The highest BCUT2D eigenvalue weighted by Crippen LogP contribution is 2.34. The number of nitrogens with two attached hydrogens (primary N) is 1. The minimum Gasteiger partial charge on any atom is -0.393 e. The highest BCUT2D eigenvalue weighted by Gasteiger charge is 2.26. The van der Waals surface area contributed by atoms with E-state index >= 15 is 0 Å². The van der Waals surface area contributed by atoms with Gasteiger partial charge < -0.3 is 15.4 Å². The molecule has 1 aliphatic carbocycles. The molecule has 0 atom stereocenters. The molecule has 1 saturated carbocycles. The molecular weight excluding hydrogens is 488 g/mol. The van der Waals surface area contributed by atoms with E-state index in [9.17, 15) is 13.5 Å². The van der Waals surface area contributed by atoms with Crippen molar-refractivity contribution >= 4 is 28.2 Å². The lowest BCUT2D eigenvalue weighted by atomic mass is 9.92. The molecule has 0 unspecified atom stereocenters. The third kappa shape index (κ3) is 6.03. The molecular formula is C25H33ClN4O4S. The van der Waals surface area contributed by atoms with Crippen molar-refractivity contribution in [2.75, 3.05) is 5.73 Å². The van der Waals surface area contributed by atoms with Gasteiger partial charge in [0, 0.05) is 29.3 Å². The largest absolute Gasteiger partial charge is 0.393 e. The van der Waals surface area contributed by atoms with Gasteiger partial charge in [-0.05, 0) is 61.9 Å². The van der Waals surface area contributed by atoms with Crippen LogP contribution in [-0.4, -0.2) is 35.8 Å². The third-order valence-corrected chi connectivity index (χ3v) is 7.83. The molecule has 4 N–H and O–H groups in total. The van der Waals surface area contributed by atoms with E-state index in [1.807, 2.05) is 39.8 Å². The first-order chi connectivity index (χ1) is 15.9. The summed E-state index contributed by atoms with van der Waals surface area (Å²) in [6, 6.07) is 8.59. The molecule has 0 spiro atoms. The van der Waals surface area contributed by atoms with Crippen molar-refractivity contribution in [2.45, 2.75) is 75.8 Å². The van der Waals surface area contributed by atoms with E-state index in [4.69, 9.17) is 10.3 Å². The van der Waals surface area contributed by atoms with Gasteiger partial charge in [-0.15, -0.1) is 12.4 Å². The Morgan fingerprint density at radius 2 is 1.77 bits per heavy atom. The highest BCUT2D eigenvalue weighted by molar-refractivity contribution is 7.89. The van der Waals surface area contributed by atoms with Crippen LogP contribution in [0.5, 0.6) is 0 Å². The summed E-state index contributed by atoms with van der Waals surface area (Å²) < 4.78 is 34.5. The minimum atomic E-state index is -3.71. The van der Waals surface area contributed by atoms with Crippen LogP contribution in [0, 0.1) is 6.92 Å². The number of nitrogen functional groups attached to an aromatic ring is 1. The highest BCUT2D eigenvalue weighted by atomic mass is 35.5. The molecule has 4 rings (SSSR count). The fraction of sp³-hybridized carbons (Fsp3) is 0.440. The molecule has 0 radical (unpaired) electrons. The zero-order valence-corrected chi connectivity index (χ0v) is 22.0. The summed E-state index contributed by atoms with van der Waals surface area (Å²) in [5, 5.41) is 13.9. The van der Waals surface area contributed by atoms with Crippen molar-refractivity contribution in [1.29, 1.82) is 0 Å². The Labute approximate surface area is 212 Å². The number of rotatable bonds is 5. The van der Waals surface area contributed by atoms with E-state index in [0.717, 1.165) is 22.4 Å². The van der Waals surface area contributed by atoms with Gasteiger partial charge in [-0.2, -0.15) is 0 Å². The van der Waals surface area contributed by atoms with Crippen LogP contribution < -0.4 is 10.5 Å². The maximum absolute atomic E-state index is 13.1. The zero-order chi connectivity index (χ0) is 24.7. The van der Waals surface area contributed by atoms with E-state index in [1.54, 1.807) is 24.4 Å². The van der Waals surface area contributed by atoms with Gasteiger partial charge in [0.15, 0.2) is 5.76 Å². The van der Waals surface area contributed by atoms with Gasteiger partial charge >= 0.3 is 0 Å². The summed E-state index contributed by atoms with van der Waals surface area (Å²) >= 11 is 0. The number of hydrogen-bond acceptors (Lipinski definition) is 7. The number of halogens is 1. The smallest absolute Gasteiger partial charge is 0.240 e. The quantitative estimate of drug-likeness (QED) is 0.448. The molecule has 1 fully saturated rings. The zero-order valence-electron chi connectivity index (χ0n) is 20.4. The molecule has 10 heteroatoms.